The maximum atomic E-state index is 2.43. The van der Waals surface area contributed by atoms with Crippen LogP contribution in [0.4, 0.5) is 17.1 Å². The monoisotopic (exact) mass is 685 g/mol. The first-order valence-electron chi connectivity index (χ1n) is 17.3. The molecule has 0 aliphatic heterocycles. The van der Waals surface area contributed by atoms with E-state index in [1.165, 1.54) is 79.4 Å². The predicted octanol–water partition coefficient (Wildman–Crippen LogP) is 14.9. The first-order valence-corrected chi connectivity index (χ1v) is 18.9. The summed E-state index contributed by atoms with van der Waals surface area (Å²) in [5.74, 6) is 0. The molecule has 0 spiro atoms. The quantitative estimate of drug-likeness (QED) is 0.168. The van der Waals surface area contributed by atoms with Gasteiger partial charge in [-0.25, -0.2) is 0 Å². The normalized spacial score (nSPS) is 11.5. The summed E-state index contributed by atoms with van der Waals surface area (Å²) in [7, 11) is 0. The second-order valence-corrected chi connectivity index (χ2v) is 15.0. The van der Waals surface area contributed by atoms with Crippen molar-refractivity contribution in [2.75, 3.05) is 4.90 Å². The molecule has 1 nitrogen and oxygen atoms in total. The summed E-state index contributed by atoms with van der Waals surface area (Å²) in [6.45, 7) is 0. The van der Waals surface area contributed by atoms with Crippen LogP contribution in [0.3, 0.4) is 0 Å². The second kappa shape index (κ2) is 12.4. The van der Waals surface area contributed by atoms with Crippen LogP contribution in [0.2, 0.25) is 0 Å². The molecule has 10 aromatic rings. The Morgan fingerprint density at radius 2 is 0.765 bits per heavy atom. The van der Waals surface area contributed by atoms with Crippen molar-refractivity contribution in [1.82, 2.24) is 0 Å². The molecule has 240 valence electrons. The van der Waals surface area contributed by atoms with Crippen LogP contribution in [0.25, 0.3) is 73.7 Å². The van der Waals surface area contributed by atoms with Crippen LogP contribution in [0.15, 0.2) is 188 Å². The number of thiophene rings is 2. The fourth-order valence-corrected chi connectivity index (χ4v) is 9.92. The van der Waals surface area contributed by atoms with Crippen molar-refractivity contribution < 1.29 is 0 Å². The molecule has 0 amide bonds. The molecule has 0 atom stereocenters. The van der Waals surface area contributed by atoms with Crippen LogP contribution in [0, 0.1) is 0 Å². The van der Waals surface area contributed by atoms with Gasteiger partial charge in [-0.1, -0.05) is 146 Å². The average Bonchev–Trinajstić information content (AvgIpc) is 3.78. The minimum atomic E-state index is 1.13. The van der Waals surface area contributed by atoms with Gasteiger partial charge in [-0.05, 0) is 75.8 Å². The van der Waals surface area contributed by atoms with Gasteiger partial charge in [-0.3, -0.25) is 0 Å². The summed E-state index contributed by atoms with van der Waals surface area (Å²) in [4.78, 5) is 2.43. The van der Waals surface area contributed by atoms with E-state index < -0.39 is 0 Å². The molecule has 0 saturated carbocycles. The van der Waals surface area contributed by atoms with Gasteiger partial charge in [0.1, 0.15) is 0 Å². The Hall–Kier alpha value is -6.00. The van der Waals surface area contributed by atoms with Crippen molar-refractivity contribution in [3.63, 3.8) is 0 Å². The summed E-state index contributed by atoms with van der Waals surface area (Å²) < 4.78 is 5.34. The Morgan fingerprint density at radius 3 is 1.35 bits per heavy atom. The van der Waals surface area contributed by atoms with Gasteiger partial charge in [0.15, 0.2) is 0 Å². The fourth-order valence-electron chi connectivity index (χ4n) is 7.38. The molecule has 3 heteroatoms. The average molecular weight is 686 g/mol. The summed E-state index contributed by atoms with van der Waals surface area (Å²) in [6.07, 6.45) is 0. The zero-order valence-corrected chi connectivity index (χ0v) is 29.3. The molecule has 8 aromatic carbocycles. The Morgan fingerprint density at radius 1 is 0.294 bits per heavy atom. The second-order valence-electron chi connectivity index (χ2n) is 12.9. The molecule has 10 rings (SSSR count). The highest BCUT2D eigenvalue weighted by atomic mass is 32.1. The minimum Gasteiger partial charge on any atom is -0.309 e. The molecule has 0 aliphatic rings. The Balaban J connectivity index is 1.11. The van der Waals surface area contributed by atoms with E-state index in [9.17, 15) is 0 Å². The Bertz CT molecular complexity index is 2810. The minimum absolute atomic E-state index is 1.13. The third-order valence-corrected chi connectivity index (χ3v) is 12.3. The van der Waals surface area contributed by atoms with E-state index in [-0.39, 0.29) is 0 Å². The molecule has 0 aliphatic carbocycles. The van der Waals surface area contributed by atoms with Crippen LogP contribution >= 0.6 is 22.7 Å². The van der Waals surface area contributed by atoms with Crippen molar-refractivity contribution in [2.24, 2.45) is 0 Å². The number of hydrogen-bond donors (Lipinski definition) is 0. The van der Waals surface area contributed by atoms with Crippen molar-refractivity contribution >= 4 is 80.1 Å². The van der Waals surface area contributed by atoms with Gasteiger partial charge >= 0.3 is 0 Å². The molecule has 2 heterocycles. The molecule has 0 bridgehead atoms. The van der Waals surface area contributed by atoms with Crippen LogP contribution < -0.4 is 4.90 Å². The lowest BCUT2D eigenvalue weighted by atomic mass is 10.00. The predicted molar refractivity (Wildman–Crippen MR) is 223 cm³/mol. The zero-order valence-electron chi connectivity index (χ0n) is 27.7. The topological polar surface area (TPSA) is 3.24 Å². The first kappa shape index (κ1) is 29.9. The largest absolute Gasteiger partial charge is 0.309 e. The van der Waals surface area contributed by atoms with Crippen LogP contribution in [-0.2, 0) is 0 Å². The Labute approximate surface area is 304 Å². The van der Waals surface area contributed by atoms with Crippen molar-refractivity contribution in [3.05, 3.63) is 188 Å². The SMILES string of the molecule is c1ccc(-c2ccc(-c3ccc(N(c4ccc(-c5ccccc5)cc4)c4cccc5c4sc4c5ccc5sc6ccccc6c54)cc3)cc2)cc1. The van der Waals surface area contributed by atoms with Crippen molar-refractivity contribution in [2.45, 2.75) is 0 Å². The lowest BCUT2D eigenvalue weighted by molar-refractivity contribution is 1.30. The summed E-state index contributed by atoms with van der Waals surface area (Å²) in [6, 6.07) is 68.3. The summed E-state index contributed by atoms with van der Waals surface area (Å²) in [5, 5.41) is 5.34. The maximum absolute atomic E-state index is 2.43. The highest BCUT2D eigenvalue weighted by Crippen LogP contribution is 2.49. The number of fused-ring (bicyclic) bond motifs is 7. The molecule has 2 aromatic heterocycles. The zero-order chi connectivity index (χ0) is 33.7. The number of benzene rings is 8. The van der Waals surface area contributed by atoms with Gasteiger partial charge in [0, 0.05) is 47.0 Å². The van der Waals surface area contributed by atoms with Crippen LogP contribution in [-0.4, -0.2) is 0 Å². The number of rotatable bonds is 6. The van der Waals surface area contributed by atoms with Gasteiger partial charge in [0.2, 0.25) is 0 Å². The lowest BCUT2D eigenvalue weighted by Crippen LogP contribution is -2.10. The van der Waals surface area contributed by atoms with E-state index in [0.717, 1.165) is 11.4 Å². The van der Waals surface area contributed by atoms with E-state index in [1.807, 2.05) is 22.7 Å². The van der Waals surface area contributed by atoms with E-state index in [0.29, 0.717) is 0 Å². The number of nitrogens with zero attached hydrogens (tertiary/aromatic N) is 1. The van der Waals surface area contributed by atoms with Crippen molar-refractivity contribution in [1.29, 1.82) is 0 Å². The van der Waals surface area contributed by atoms with E-state index in [2.05, 4.69) is 193 Å². The van der Waals surface area contributed by atoms with Gasteiger partial charge in [0.25, 0.3) is 0 Å². The molecule has 0 unspecified atom stereocenters. The van der Waals surface area contributed by atoms with Crippen molar-refractivity contribution in [3.8, 4) is 33.4 Å². The molecule has 51 heavy (non-hydrogen) atoms. The van der Waals surface area contributed by atoms with E-state index in [4.69, 9.17) is 0 Å². The molecular formula is C48H31NS2. The van der Waals surface area contributed by atoms with Crippen LogP contribution in [0.1, 0.15) is 0 Å². The third kappa shape index (κ3) is 5.21. The van der Waals surface area contributed by atoms with Gasteiger partial charge in [0.05, 0.1) is 10.4 Å². The number of hydrogen-bond acceptors (Lipinski definition) is 3. The van der Waals surface area contributed by atoms with Gasteiger partial charge in [-0.15, -0.1) is 22.7 Å². The first-order chi connectivity index (χ1) is 25.3. The smallest absolute Gasteiger partial charge is 0.0640 e. The van der Waals surface area contributed by atoms with Crippen LogP contribution in [0.5, 0.6) is 0 Å². The highest BCUT2D eigenvalue weighted by Gasteiger charge is 2.20. The molecule has 0 N–H and O–H groups in total. The van der Waals surface area contributed by atoms with Gasteiger partial charge in [-0.2, -0.15) is 0 Å². The van der Waals surface area contributed by atoms with E-state index >= 15 is 0 Å². The molecule has 0 saturated heterocycles. The fraction of sp³-hybridized carbons (Fsp3) is 0. The standard InChI is InChI=1S/C48H31NS2/c1-3-10-32(11-4-1)34-18-20-35(21-19-34)37-24-28-39(29-25-37)49(38-26-22-36(23-27-38)33-12-5-2-6-13-33)43-16-9-15-40-41-30-31-45-46(48(41)51-47(40)43)42-14-7-8-17-44(42)50-45/h1-31H. The molecular weight excluding hydrogens is 655 g/mol. The maximum Gasteiger partial charge on any atom is 0.0640 e. The molecule has 0 radical (unpaired) electrons. The lowest BCUT2D eigenvalue weighted by Gasteiger charge is -2.26. The van der Waals surface area contributed by atoms with Gasteiger partial charge < -0.3 is 4.90 Å². The number of anilines is 3. The van der Waals surface area contributed by atoms with E-state index in [1.54, 1.807) is 0 Å². The summed E-state index contributed by atoms with van der Waals surface area (Å²) >= 11 is 3.80. The third-order valence-electron chi connectivity index (χ3n) is 9.91. The molecule has 0 fully saturated rings. The Kier molecular flexibility index (Phi) is 7.26. The summed E-state index contributed by atoms with van der Waals surface area (Å²) in [5.41, 5.74) is 10.7. The highest BCUT2D eigenvalue weighted by molar-refractivity contribution is 7.30.